The van der Waals surface area contributed by atoms with E-state index < -0.39 is 0 Å². The van der Waals surface area contributed by atoms with E-state index in [1.54, 1.807) is 13.3 Å². The van der Waals surface area contributed by atoms with Crippen molar-refractivity contribution < 1.29 is 4.74 Å². The summed E-state index contributed by atoms with van der Waals surface area (Å²) >= 11 is 0. The lowest BCUT2D eigenvalue weighted by molar-refractivity contribution is 0.414. The number of methoxy groups -OCH3 is 1. The number of azo groups is 1. The Bertz CT molecular complexity index is 840. The Hall–Kier alpha value is -3.27. The van der Waals surface area contributed by atoms with E-state index in [4.69, 9.17) is 4.74 Å². The quantitative estimate of drug-likeness (QED) is 0.429. The SMILES string of the molecule is COc1ccccc1C=Nc1ccc(N=Nc2ccccc2)cc1. The average molecular weight is 315 g/mol. The Kier molecular flexibility index (Phi) is 5.10. The summed E-state index contributed by atoms with van der Waals surface area (Å²) in [5.41, 5.74) is 3.40. The first-order valence-electron chi connectivity index (χ1n) is 7.59. The predicted octanol–water partition coefficient (Wildman–Crippen LogP) is 5.86. The lowest BCUT2D eigenvalue weighted by Gasteiger charge is -2.02. The van der Waals surface area contributed by atoms with Crippen LogP contribution in [0, 0.1) is 0 Å². The van der Waals surface area contributed by atoms with Crippen molar-refractivity contribution in [2.24, 2.45) is 15.2 Å². The molecule has 0 N–H and O–H groups in total. The monoisotopic (exact) mass is 315 g/mol. The molecule has 0 atom stereocenters. The van der Waals surface area contributed by atoms with Crippen molar-refractivity contribution in [2.75, 3.05) is 7.11 Å². The summed E-state index contributed by atoms with van der Waals surface area (Å²) in [7, 11) is 1.65. The second-order valence-corrected chi connectivity index (χ2v) is 5.05. The summed E-state index contributed by atoms with van der Waals surface area (Å²) in [6, 6.07) is 25.0. The normalized spacial score (nSPS) is 11.2. The molecule has 0 unspecified atom stereocenters. The summed E-state index contributed by atoms with van der Waals surface area (Å²) in [5, 5.41) is 8.41. The van der Waals surface area contributed by atoms with Crippen LogP contribution in [0.5, 0.6) is 5.75 Å². The molecule has 4 heteroatoms. The van der Waals surface area contributed by atoms with Crippen LogP contribution in [-0.4, -0.2) is 13.3 Å². The van der Waals surface area contributed by atoms with Gasteiger partial charge in [-0.25, -0.2) is 0 Å². The third kappa shape index (κ3) is 4.14. The van der Waals surface area contributed by atoms with Crippen molar-refractivity contribution in [1.82, 2.24) is 0 Å². The lowest BCUT2D eigenvalue weighted by Crippen LogP contribution is -1.89. The zero-order valence-electron chi connectivity index (χ0n) is 13.3. The molecule has 0 fully saturated rings. The fourth-order valence-corrected chi connectivity index (χ4v) is 2.13. The number of benzene rings is 3. The van der Waals surface area contributed by atoms with Gasteiger partial charge < -0.3 is 4.74 Å². The van der Waals surface area contributed by atoms with Gasteiger partial charge in [-0.05, 0) is 48.5 Å². The molecule has 3 aromatic carbocycles. The van der Waals surface area contributed by atoms with Gasteiger partial charge in [0.25, 0.3) is 0 Å². The molecule has 0 aliphatic rings. The minimum absolute atomic E-state index is 0.787. The van der Waals surface area contributed by atoms with Gasteiger partial charge in [0.05, 0.1) is 24.2 Å². The topological polar surface area (TPSA) is 46.3 Å². The maximum atomic E-state index is 5.31. The van der Waals surface area contributed by atoms with Gasteiger partial charge in [-0.1, -0.05) is 30.3 Å². The van der Waals surface area contributed by atoms with Crippen LogP contribution in [0.2, 0.25) is 0 Å². The van der Waals surface area contributed by atoms with Crippen molar-refractivity contribution >= 4 is 23.3 Å². The number of hydrogen-bond acceptors (Lipinski definition) is 4. The van der Waals surface area contributed by atoms with Crippen molar-refractivity contribution in [1.29, 1.82) is 0 Å². The second-order valence-electron chi connectivity index (χ2n) is 5.05. The first-order chi connectivity index (χ1) is 11.8. The number of aliphatic imine (C=N–C) groups is 1. The summed E-state index contributed by atoms with van der Waals surface area (Å²) in [6.45, 7) is 0. The molecule has 4 nitrogen and oxygen atoms in total. The van der Waals surface area contributed by atoms with Crippen molar-refractivity contribution in [3.05, 3.63) is 84.4 Å². The number of ether oxygens (including phenoxy) is 1. The predicted molar refractivity (Wildman–Crippen MR) is 97.3 cm³/mol. The van der Waals surface area contributed by atoms with Gasteiger partial charge in [0.1, 0.15) is 5.75 Å². The van der Waals surface area contributed by atoms with Gasteiger partial charge in [0, 0.05) is 11.8 Å². The molecule has 0 amide bonds. The lowest BCUT2D eigenvalue weighted by atomic mass is 10.2. The van der Waals surface area contributed by atoms with Crippen LogP contribution in [-0.2, 0) is 0 Å². The molecule has 0 bridgehead atoms. The van der Waals surface area contributed by atoms with Crippen LogP contribution in [0.25, 0.3) is 0 Å². The molecule has 0 aliphatic heterocycles. The Labute approximate surface area is 141 Å². The molecule has 3 rings (SSSR count). The van der Waals surface area contributed by atoms with E-state index in [1.807, 2.05) is 78.9 Å². The molecule has 0 aromatic heterocycles. The van der Waals surface area contributed by atoms with Crippen molar-refractivity contribution in [3.63, 3.8) is 0 Å². The van der Waals surface area contributed by atoms with Crippen LogP contribution in [0.3, 0.4) is 0 Å². The van der Waals surface area contributed by atoms with Crippen molar-refractivity contribution in [3.8, 4) is 5.75 Å². The number of nitrogens with zero attached hydrogens (tertiary/aromatic N) is 3. The van der Waals surface area contributed by atoms with E-state index in [0.717, 1.165) is 28.4 Å². The first-order valence-corrected chi connectivity index (χ1v) is 7.59. The third-order valence-electron chi connectivity index (χ3n) is 3.38. The van der Waals surface area contributed by atoms with Gasteiger partial charge in [-0.15, -0.1) is 0 Å². The molecular weight excluding hydrogens is 298 g/mol. The van der Waals surface area contributed by atoms with Gasteiger partial charge in [-0.3, -0.25) is 4.99 Å². The van der Waals surface area contributed by atoms with E-state index in [-0.39, 0.29) is 0 Å². The van der Waals surface area contributed by atoms with Gasteiger partial charge in [0.15, 0.2) is 0 Å². The van der Waals surface area contributed by atoms with E-state index in [2.05, 4.69) is 15.2 Å². The largest absolute Gasteiger partial charge is 0.496 e. The molecule has 0 aliphatic carbocycles. The zero-order chi connectivity index (χ0) is 16.6. The summed E-state index contributed by atoms with van der Waals surface area (Å²) < 4.78 is 5.31. The first kappa shape index (κ1) is 15.6. The molecular formula is C20H17N3O. The number of para-hydroxylation sites is 1. The summed E-state index contributed by atoms with van der Waals surface area (Å²) in [5.74, 6) is 0.800. The Balaban J connectivity index is 1.70. The minimum Gasteiger partial charge on any atom is -0.496 e. The molecule has 0 saturated carbocycles. The molecule has 24 heavy (non-hydrogen) atoms. The van der Waals surface area contributed by atoms with E-state index in [1.165, 1.54) is 0 Å². The van der Waals surface area contributed by atoms with Crippen LogP contribution >= 0.6 is 0 Å². The fourth-order valence-electron chi connectivity index (χ4n) is 2.13. The van der Waals surface area contributed by atoms with Crippen LogP contribution in [0.4, 0.5) is 17.1 Å². The standard InChI is InChI=1S/C20H17N3O/c1-24-20-10-6-5-7-16(20)15-21-17-11-13-19(14-12-17)23-22-18-8-3-2-4-9-18/h2-15H,1H3. The van der Waals surface area contributed by atoms with E-state index in [9.17, 15) is 0 Å². The molecule has 0 saturated heterocycles. The second kappa shape index (κ2) is 7.83. The van der Waals surface area contributed by atoms with Crippen LogP contribution in [0.15, 0.2) is 94.1 Å². The average Bonchev–Trinajstić information content (AvgIpc) is 2.66. The smallest absolute Gasteiger partial charge is 0.127 e. The summed E-state index contributed by atoms with van der Waals surface area (Å²) in [4.78, 5) is 4.47. The highest BCUT2D eigenvalue weighted by molar-refractivity contribution is 5.85. The molecule has 0 spiro atoms. The number of hydrogen-bond donors (Lipinski definition) is 0. The Morgan fingerprint density at radius 3 is 1.96 bits per heavy atom. The Morgan fingerprint density at radius 2 is 1.25 bits per heavy atom. The third-order valence-corrected chi connectivity index (χ3v) is 3.38. The Morgan fingerprint density at radius 1 is 0.667 bits per heavy atom. The zero-order valence-corrected chi connectivity index (χ0v) is 13.3. The fraction of sp³-hybridized carbons (Fsp3) is 0.0500. The number of rotatable bonds is 5. The highest BCUT2D eigenvalue weighted by atomic mass is 16.5. The molecule has 118 valence electrons. The van der Waals surface area contributed by atoms with E-state index >= 15 is 0 Å². The minimum atomic E-state index is 0.787. The highest BCUT2D eigenvalue weighted by Crippen LogP contribution is 2.22. The summed E-state index contributed by atoms with van der Waals surface area (Å²) in [6.07, 6.45) is 1.79. The molecule has 0 heterocycles. The van der Waals surface area contributed by atoms with Crippen LogP contribution < -0.4 is 4.74 Å². The van der Waals surface area contributed by atoms with Gasteiger partial charge in [0.2, 0.25) is 0 Å². The highest BCUT2D eigenvalue weighted by Gasteiger charge is 1.98. The van der Waals surface area contributed by atoms with Crippen molar-refractivity contribution in [2.45, 2.75) is 0 Å². The molecule has 0 radical (unpaired) electrons. The van der Waals surface area contributed by atoms with E-state index in [0.29, 0.717) is 0 Å². The van der Waals surface area contributed by atoms with Gasteiger partial charge >= 0.3 is 0 Å². The molecule has 3 aromatic rings. The van der Waals surface area contributed by atoms with Crippen LogP contribution in [0.1, 0.15) is 5.56 Å². The maximum Gasteiger partial charge on any atom is 0.127 e. The maximum absolute atomic E-state index is 5.31. The van der Waals surface area contributed by atoms with Gasteiger partial charge in [-0.2, -0.15) is 10.2 Å².